The fraction of sp³-hybridized carbons (Fsp3) is 0.167. The smallest absolute Gasteiger partial charge is 0.267 e. The summed E-state index contributed by atoms with van der Waals surface area (Å²) in [5.41, 5.74) is -0.862. The quantitative estimate of drug-likeness (QED) is 0.731. The molecule has 0 unspecified atom stereocenters. The van der Waals surface area contributed by atoms with E-state index in [2.05, 4.69) is 0 Å². The van der Waals surface area contributed by atoms with E-state index >= 15 is 0 Å². The fourth-order valence-corrected chi connectivity index (χ4v) is 1.21. The van der Waals surface area contributed by atoms with E-state index in [1.165, 1.54) is 6.07 Å². The van der Waals surface area contributed by atoms with Crippen molar-refractivity contribution in [2.75, 3.05) is 0 Å². The average Bonchev–Trinajstić information content (AvgIpc) is 2.00. The zero-order valence-corrected chi connectivity index (χ0v) is 8.51. The van der Waals surface area contributed by atoms with Crippen molar-refractivity contribution in [3.8, 4) is 0 Å². The molecule has 66 valence electrons. The van der Waals surface area contributed by atoms with Crippen molar-refractivity contribution in [2.45, 2.75) is 6.55 Å². The molecule has 0 spiro atoms. The van der Waals surface area contributed by atoms with Gasteiger partial charge in [-0.2, -0.15) is 8.78 Å². The van der Waals surface area contributed by atoms with Crippen molar-refractivity contribution >= 4 is 34.2 Å². The SMILES string of the molecule is O=c1c(Cl)c(I)ccn1C(F)F. The van der Waals surface area contributed by atoms with Crippen molar-refractivity contribution in [1.29, 1.82) is 0 Å². The van der Waals surface area contributed by atoms with Gasteiger partial charge in [0.2, 0.25) is 0 Å². The first-order chi connectivity index (χ1) is 5.54. The summed E-state index contributed by atoms with van der Waals surface area (Å²) in [6, 6.07) is 1.36. The first-order valence-corrected chi connectivity index (χ1v) is 4.34. The lowest BCUT2D eigenvalue weighted by Crippen LogP contribution is -2.21. The van der Waals surface area contributed by atoms with Gasteiger partial charge < -0.3 is 0 Å². The van der Waals surface area contributed by atoms with E-state index in [0.717, 1.165) is 6.20 Å². The Morgan fingerprint density at radius 3 is 2.67 bits per heavy atom. The van der Waals surface area contributed by atoms with Crippen LogP contribution in [-0.4, -0.2) is 4.57 Å². The van der Waals surface area contributed by atoms with Gasteiger partial charge in [0.25, 0.3) is 5.56 Å². The lowest BCUT2D eigenvalue weighted by Gasteiger charge is -2.03. The molecule has 12 heavy (non-hydrogen) atoms. The van der Waals surface area contributed by atoms with Gasteiger partial charge in [-0.15, -0.1) is 0 Å². The molecular formula is C6H3ClF2INO. The molecule has 0 N–H and O–H groups in total. The van der Waals surface area contributed by atoms with Crippen molar-refractivity contribution in [2.24, 2.45) is 0 Å². The first-order valence-electron chi connectivity index (χ1n) is 2.88. The highest BCUT2D eigenvalue weighted by atomic mass is 127. The van der Waals surface area contributed by atoms with Gasteiger partial charge in [-0.3, -0.25) is 9.36 Å². The molecule has 0 aliphatic rings. The van der Waals surface area contributed by atoms with E-state index in [0.29, 0.717) is 3.57 Å². The second-order valence-corrected chi connectivity index (χ2v) is 3.51. The fourth-order valence-electron chi connectivity index (χ4n) is 0.656. The van der Waals surface area contributed by atoms with Crippen LogP contribution in [0.2, 0.25) is 5.02 Å². The van der Waals surface area contributed by atoms with Gasteiger partial charge in [0.1, 0.15) is 5.02 Å². The molecular weight excluding hydrogens is 302 g/mol. The minimum atomic E-state index is -2.84. The monoisotopic (exact) mass is 305 g/mol. The molecule has 1 heterocycles. The van der Waals surface area contributed by atoms with Crippen LogP contribution >= 0.6 is 34.2 Å². The first kappa shape index (κ1) is 9.91. The number of rotatable bonds is 1. The summed E-state index contributed by atoms with van der Waals surface area (Å²) in [5.74, 6) is 0. The van der Waals surface area contributed by atoms with Crippen LogP contribution in [0.5, 0.6) is 0 Å². The molecule has 1 aromatic rings. The lowest BCUT2D eigenvalue weighted by atomic mass is 10.5. The van der Waals surface area contributed by atoms with Gasteiger partial charge >= 0.3 is 6.55 Å². The summed E-state index contributed by atoms with van der Waals surface area (Å²) >= 11 is 7.25. The van der Waals surface area contributed by atoms with Gasteiger partial charge in [0, 0.05) is 9.77 Å². The van der Waals surface area contributed by atoms with E-state index < -0.39 is 12.1 Å². The third-order valence-corrected chi connectivity index (χ3v) is 2.81. The van der Waals surface area contributed by atoms with Gasteiger partial charge in [0.15, 0.2) is 0 Å². The van der Waals surface area contributed by atoms with Crippen LogP contribution in [0.1, 0.15) is 6.55 Å². The van der Waals surface area contributed by atoms with Crippen LogP contribution in [0.4, 0.5) is 8.78 Å². The molecule has 6 heteroatoms. The lowest BCUT2D eigenvalue weighted by molar-refractivity contribution is 0.0663. The Morgan fingerprint density at radius 2 is 2.17 bits per heavy atom. The molecule has 0 aliphatic heterocycles. The molecule has 0 aliphatic carbocycles. The summed E-state index contributed by atoms with van der Waals surface area (Å²) in [6.45, 7) is -2.84. The highest BCUT2D eigenvalue weighted by Crippen LogP contribution is 2.15. The van der Waals surface area contributed by atoms with E-state index in [-0.39, 0.29) is 9.59 Å². The van der Waals surface area contributed by atoms with Crippen LogP contribution in [0.3, 0.4) is 0 Å². The van der Waals surface area contributed by atoms with Gasteiger partial charge in [-0.25, -0.2) is 0 Å². The molecule has 1 rings (SSSR count). The maximum Gasteiger partial charge on any atom is 0.321 e. The van der Waals surface area contributed by atoms with E-state index in [1.54, 1.807) is 22.6 Å². The average molecular weight is 305 g/mol. The van der Waals surface area contributed by atoms with Crippen LogP contribution in [0, 0.1) is 3.57 Å². The summed E-state index contributed by atoms with van der Waals surface area (Å²) in [7, 11) is 0. The predicted octanol–water partition coefficient (Wildman–Crippen LogP) is 2.50. The second-order valence-electron chi connectivity index (χ2n) is 1.97. The molecule has 0 atom stereocenters. The zero-order valence-electron chi connectivity index (χ0n) is 5.60. The number of hydrogen-bond donors (Lipinski definition) is 0. The molecule has 0 radical (unpaired) electrons. The highest BCUT2D eigenvalue weighted by molar-refractivity contribution is 14.1. The molecule has 0 fully saturated rings. The molecule has 0 saturated heterocycles. The third kappa shape index (κ3) is 1.77. The number of halogens is 4. The molecule has 2 nitrogen and oxygen atoms in total. The van der Waals surface area contributed by atoms with Crippen molar-refractivity contribution in [3.05, 3.63) is 31.2 Å². The van der Waals surface area contributed by atoms with Gasteiger partial charge in [-0.05, 0) is 28.7 Å². The summed E-state index contributed by atoms with van der Waals surface area (Å²) in [4.78, 5) is 11.0. The van der Waals surface area contributed by atoms with Crippen molar-refractivity contribution < 1.29 is 8.78 Å². The van der Waals surface area contributed by atoms with Gasteiger partial charge in [-0.1, -0.05) is 11.6 Å². The Balaban J connectivity index is 3.37. The highest BCUT2D eigenvalue weighted by Gasteiger charge is 2.11. The Bertz CT molecular complexity index is 352. The van der Waals surface area contributed by atoms with Crippen molar-refractivity contribution in [3.63, 3.8) is 0 Å². The number of hydrogen-bond acceptors (Lipinski definition) is 1. The number of aromatic nitrogens is 1. The van der Waals surface area contributed by atoms with E-state index in [4.69, 9.17) is 11.6 Å². The van der Waals surface area contributed by atoms with Crippen LogP contribution in [0.25, 0.3) is 0 Å². The van der Waals surface area contributed by atoms with E-state index in [9.17, 15) is 13.6 Å². The predicted molar refractivity (Wildman–Crippen MR) is 49.7 cm³/mol. The molecule has 0 aromatic carbocycles. The second kappa shape index (κ2) is 3.69. The zero-order chi connectivity index (χ0) is 9.30. The molecule has 1 aromatic heterocycles. The van der Waals surface area contributed by atoms with Crippen LogP contribution < -0.4 is 5.56 Å². The van der Waals surface area contributed by atoms with Crippen LogP contribution in [0.15, 0.2) is 17.1 Å². The molecule has 0 amide bonds. The Morgan fingerprint density at radius 1 is 1.58 bits per heavy atom. The van der Waals surface area contributed by atoms with Crippen LogP contribution in [-0.2, 0) is 0 Å². The third-order valence-electron chi connectivity index (χ3n) is 1.22. The number of pyridine rings is 1. The van der Waals surface area contributed by atoms with E-state index in [1.807, 2.05) is 0 Å². The standard InChI is InChI=1S/C6H3ClF2INO/c7-4-3(10)1-2-11(5(4)12)6(8)9/h1-2,6H. The largest absolute Gasteiger partial charge is 0.321 e. The summed E-state index contributed by atoms with van der Waals surface area (Å²) in [5, 5.41) is -0.168. The normalized spacial score (nSPS) is 10.8. The molecule has 0 saturated carbocycles. The molecule has 0 bridgehead atoms. The number of nitrogens with zero attached hydrogens (tertiary/aromatic N) is 1. The minimum Gasteiger partial charge on any atom is -0.267 e. The topological polar surface area (TPSA) is 22.0 Å². The maximum atomic E-state index is 12.0. The maximum absolute atomic E-state index is 12.0. The Hall–Kier alpha value is -0.170. The number of alkyl halides is 2. The van der Waals surface area contributed by atoms with Crippen molar-refractivity contribution in [1.82, 2.24) is 4.57 Å². The minimum absolute atomic E-state index is 0.168. The summed E-state index contributed by atoms with van der Waals surface area (Å²) in [6.07, 6.45) is 1.01. The summed E-state index contributed by atoms with van der Waals surface area (Å²) < 4.78 is 24.8. The van der Waals surface area contributed by atoms with Gasteiger partial charge in [0.05, 0.1) is 0 Å². The Labute approximate surface area is 85.3 Å². The Kier molecular flexibility index (Phi) is 3.05.